The van der Waals surface area contributed by atoms with Crippen molar-refractivity contribution in [2.45, 2.75) is 5.41 Å². The van der Waals surface area contributed by atoms with Crippen molar-refractivity contribution < 1.29 is 0 Å². The lowest BCUT2D eigenvalue weighted by Gasteiger charge is -2.41. The molecule has 0 fully saturated rings. The lowest BCUT2D eigenvalue weighted by atomic mass is 9.65. The SMILES string of the molecule is c1ccc([Si](c2ccccc2)(c2ccccc2)c2cc3c4c(c2)c2ccccc2n4-c2ccccc2C32c3ccccc3-c3ccccc32)cc1. The summed E-state index contributed by atoms with van der Waals surface area (Å²) < 4.78 is 2.56. The van der Waals surface area contributed by atoms with Crippen molar-refractivity contribution in [3.05, 3.63) is 222 Å². The first-order valence-corrected chi connectivity index (χ1v) is 19.9. The van der Waals surface area contributed by atoms with Crippen LogP contribution in [0, 0.1) is 0 Å². The Kier molecular flexibility index (Phi) is 5.97. The lowest BCUT2D eigenvalue weighted by Crippen LogP contribution is -2.74. The molecule has 0 unspecified atom stereocenters. The minimum absolute atomic E-state index is 0.493. The topological polar surface area (TPSA) is 4.93 Å². The van der Waals surface area contributed by atoms with Gasteiger partial charge in [0.2, 0.25) is 0 Å². The van der Waals surface area contributed by atoms with Crippen molar-refractivity contribution in [2.75, 3.05) is 0 Å². The zero-order valence-electron chi connectivity index (χ0n) is 28.0. The Morgan fingerprint density at radius 1 is 0.353 bits per heavy atom. The van der Waals surface area contributed by atoms with Crippen LogP contribution in [0.2, 0.25) is 0 Å². The van der Waals surface area contributed by atoms with Crippen LogP contribution in [0.15, 0.2) is 200 Å². The van der Waals surface area contributed by atoms with E-state index in [4.69, 9.17) is 0 Å². The Morgan fingerprint density at radius 3 is 1.41 bits per heavy atom. The molecule has 1 spiro atoms. The van der Waals surface area contributed by atoms with Gasteiger partial charge in [0.15, 0.2) is 8.07 Å². The molecule has 1 nitrogen and oxygen atoms in total. The molecule has 9 aromatic rings. The average Bonchev–Trinajstić information content (AvgIpc) is 3.70. The van der Waals surface area contributed by atoms with Crippen LogP contribution in [0.3, 0.4) is 0 Å². The normalized spacial score (nSPS) is 13.6. The number of hydrogen-bond donors (Lipinski definition) is 0. The number of rotatable bonds is 4. The Labute approximate surface area is 298 Å². The fourth-order valence-corrected chi connectivity index (χ4v) is 14.7. The molecule has 0 radical (unpaired) electrons. The number of fused-ring (bicyclic) bond motifs is 12. The quantitative estimate of drug-likeness (QED) is 0.131. The highest BCUT2D eigenvalue weighted by molar-refractivity contribution is 7.20. The molecular weight excluding hydrogens is 631 g/mol. The molecule has 1 aliphatic carbocycles. The second-order valence-corrected chi connectivity index (χ2v) is 17.8. The standard InChI is InChI=1S/C49H33NSi/c1-4-18-34(19-5-1)51(35-20-6-2-7-21-35,36-22-8-3-9-23-36)37-32-41-40-26-12-16-30-46(40)50-47-31-17-15-29-44(47)49(45(33-37)48(41)50)42-27-13-10-24-38(42)39-25-11-14-28-43(39)49/h1-33H. The Balaban J connectivity index is 1.41. The molecule has 0 atom stereocenters. The van der Waals surface area contributed by atoms with E-state index < -0.39 is 13.5 Å². The third-order valence-electron chi connectivity index (χ3n) is 11.7. The summed E-state index contributed by atoms with van der Waals surface area (Å²) in [6.45, 7) is 0. The highest BCUT2D eigenvalue weighted by atomic mass is 28.3. The maximum atomic E-state index is 2.64. The molecule has 0 N–H and O–H groups in total. The van der Waals surface area contributed by atoms with Crippen molar-refractivity contribution >= 4 is 50.6 Å². The second kappa shape index (κ2) is 10.6. The highest BCUT2D eigenvalue weighted by Crippen LogP contribution is 2.60. The van der Waals surface area contributed by atoms with Crippen LogP contribution >= 0.6 is 0 Å². The molecule has 11 rings (SSSR count). The van der Waals surface area contributed by atoms with Gasteiger partial charge in [-0.15, -0.1) is 0 Å². The summed E-state index contributed by atoms with van der Waals surface area (Å²) in [5.74, 6) is 0. The van der Waals surface area contributed by atoms with Crippen LogP contribution in [0.5, 0.6) is 0 Å². The maximum absolute atomic E-state index is 2.87. The number of hydrogen-bond acceptors (Lipinski definition) is 0. The third-order valence-corrected chi connectivity index (χ3v) is 16.5. The van der Waals surface area contributed by atoms with Gasteiger partial charge in [-0.3, -0.25) is 0 Å². The number of nitrogens with zero attached hydrogens (tertiary/aromatic N) is 1. The lowest BCUT2D eigenvalue weighted by molar-refractivity contribution is 0.749. The van der Waals surface area contributed by atoms with Crippen LogP contribution < -0.4 is 20.7 Å². The van der Waals surface area contributed by atoms with Gasteiger partial charge in [0, 0.05) is 10.8 Å². The monoisotopic (exact) mass is 663 g/mol. The fourth-order valence-electron chi connectivity index (χ4n) is 9.86. The van der Waals surface area contributed by atoms with E-state index in [1.54, 1.807) is 0 Å². The Bertz CT molecular complexity index is 2650. The first-order chi connectivity index (χ1) is 25.3. The van der Waals surface area contributed by atoms with E-state index in [1.165, 1.54) is 81.6 Å². The molecule has 0 amide bonds. The molecule has 2 heterocycles. The summed E-state index contributed by atoms with van der Waals surface area (Å²) in [7, 11) is -2.87. The maximum Gasteiger partial charge on any atom is 0.179 e. The van der Waals surface area contributed by atoms with Crippen molar-refractivity contribution in [3.63, 3.8) is 0 Å². The summed E-state index contributed by atoms with van der Waals surface area (Å²) in [4.78, 5) is 0. The first kappa shape index (κ1) is 28.6. The summed E-state index contributed by atoms with van der Waals surface area (Å²) >= 11 is 0. The van der Waals surface area contributed by atoms with Gasteiger partial charge >= 0.3 is 0 Å². The number of aromatic nitrogens is 1. The minimum atomic E-state index is -2.87. The molecule has 2 heteroatoms. The van der Waals surface area contributed by atoms with Crippen LogP contribution in [0.4, 0.5) is 0 Å². The summed E-state index contributed by atoms with van der Waals surface area (Å²) in [5.41, 5.74) is 11.4. The smallest absolute Gasteiger partial charge is 0.179 e. The average molecular weight is 664 g/mol. The molecule has 8 aromatic carbocycles. The fraction of sp³-hybridized carbons (Fsp3) is 0.0204. The van der Waals surface area contributed by atoms with Crippen LogP contribution in [0.25, 0.3) is 38.6 Å². The predicted molar refractivity (Wildman–Crippen MR) is 215 cm³/mol. The molecular formula is C49H33NSi. The van der Waals surface area contributed by atoms with Gasteiger partial charge in [-0.25, -0.2) is 0 Å². The minimum Gasteiger partial charge on any atom is -0.309 e. The molecule has 1 aliphatic heterocycles. The van der Waals surface area contributed by atoms with Gasteiger partial charge in [-0.1, -0.05) is 188 Å². The zero-order valence-corrected chi connectivity index (χ0v) is 29.0. The van der Waals surface area contributed by atoms with E-state index in [0.29, 0.717) is 0 Å². The molecule has 0 saturated carbocycles. The van der Waals surface area contributed by atoms with E-state index in [0.717, 1.165) is 0 Å². The number of benzene rings is 8. The molecule has 0 bridgehead atoms. The summed E-state index contributed by atoms with van der Waals surface area (Å²) in [6, 6.07) is 75.7. The van der Waals surface area contributed by atoms with E-state index in [1.807, 2.05) is 0 Å². The van der Waals surface area contributed by atoms with E-state index in [-0.39, 0.29) is 0 Å². The van der Waals surface area contributed by atoms with Gasteiger partial charge in [0.05, 0.1) is 22.1 Å². The van der Waals surface area contributed by atoms with E-state index in [2.05, 4.69) is 205 Å². The van der Waals surface area contributed by atoms with Crippen molar-refractivity contribution in [3.8, 4) is 16.8 Å². The Hall–Kier alpha value is -6.22. The van der Waals surface area contributed by atoms with Gasteiger partial charge in [0.1, 0.15) is 0 Å². The highest BCUT2D eigenvalue weighted by Gasteiger charge is 2.52. The molecule has 2 aliphatic rings. The predicted octanol–water partition coefficient (Wildman–Crippen LogP) is 8.84. The van der Waals surface area contributed by atoms with Crippen molar-refractivity contribution in [1.82, 2.24) is 4.57 Å². The van der Waals surface area contributed by atoms with E-state index in [9.17, 15) is 0 Å². The van der Waals surface area contributed by atoms with Gasteiger partial charge in [0.25, 0.3) is 0 Å². The summed E-state index contributed by atoms with van der Waals surface area (Å²) in [6.07, 6.45) is 0. The number of para-hydroxylation sites is 2. The third kappa shape index (κ3) is 3.60. The van der Waals surface area contributed by atoms with Gasteiger partial charge < -0.3 is 4.57 Å². The van der Waals surface area contributed by atoms with Crippen molar-refractivity contribution in [1.29, 1.82) is 0 Å². The van der Waals surface area contributed by atoms with Crippen LogP contribution in [-0.2, 0) is 5.41 Å². The van der Waals surface area contributed by atoms with Gasteiger partial charge in [-0.2, -0.15) is 0 Å². The molecule has 51 heavy (non-hydrogen) atoms. The van der Waals surface area contributed by atoms with Gasteiger partial charge in [-0.05, 0) is 66.3 Å². The van der Waals surface area contributed by atoms with Crippen LogP contribution in [0.1, 0.15) is 22.3 Å². The van der Waals surface area contributed by atoms with E-state index >= 15 is 0 Å². The first-order valence-electron chi connectivity index (χ1n) is 17.9. The van der Waals surface area contributed by atoms with Crippen molar-refractivity contribution in [2.24, 2.45) is 0 Å². The molecule has 1 aromatic heterocycles. The second-order valence-electron chi connectivity index (χ2n) is 14.0. The Morgan fingerprint density at radius 2 is 0.824 bits per heavy atom. The molecule has 0 saturated heterocycles. The zero-order chi connectivity index (χ0) is 33.6. The van der Waals surface area contributed by atoms with Crippen LogP contribution in [-0.4, -0.2) is 12.6 Å². The summed E-state index contributed by atoms with van der Waals surface area (Å²) in [5, 5.41) is 8.16. The molecule has 238 valence electrons. The largest absolute Gasteiger partial charge is 0.309 e.